The number of nitrogens with one attached hydrogen (secondary N) is 1. The number of ether oxygens (including phenoxy) is 2. The summed E-state index contributed by atoms with van der Waals surface area (Å²) in [6.45, 7) is 0.187. The van der Waals surface area contributed by atoms with E-state index in [0.717, 1.165) is 0 Å². The van der Waals surface area contributed by atoms with Crippen molar-refractivity contribution in [3.05, 3.63) is 52.0 Å². The van der Waals surface area contributed by atoms with Gasteiger partial charge in [-0.05, 0) is 24.3 Å². The standard InChI is InChI=1S/C14H9Cl2NO3/c15-10-3-1-2-9(13(10)16)14(18)17-8-4-5-11-12(6-8)20-7-19-11/h1-6H,7H2,(H,17,18). The Labute approximate surface area is 125 Å². The fourth-order valence-corrected chi connectivity index (χ4v) is 2.24. The molecule has 2 aromatic rings. The molecule has 1 amide bonds. The fraction of sp³-hybridized carbons (Fsp3) is 0.0714. The van der Waals surface area contributed by atoms with Gasteiger partial charge < -0.3 is 14.8 Å². The van der Waals surface area contributed by atoms with Gasteiger partial charge >= 0.3 is 0 Å². The van der Waals surface area contributed by atoms with Crippen LogP contribution in [-0.4, -0.2) is 12.7 Å². The van der Waals surface area contributed by atoms with Gasteiger partial charge in [-0.2, -0.15) is 0 Å². The van der Waals surface area contributed by atoms with Crippen LogP contribution in [0.5, 0.6) is 11.5 Å². The number of carbonyl (C=O) groups is 1. The van der Waals surface area contributed by atoms with Crippen molar-refractivity contribution in [2.24, 2.45) is 0 Å². The molecule has 0 atom stereocenters. The topological polar surface area (TPSA) is 47.6 Å². The molecule has 1 aliphatic rings. The van der Waals surface area contributed by atoms with E-state index >= 15 is 0 Å². The Morgan fingerprint density at radius 1 is 1.10 bits per heavy atom. The SMILES string of the molecule is O=C(Nc1ccc2c(c1)OCO2)c1cccc(Cl)c1Cl. The molecule has 0 saturated carbocycles. The van der Waals surface area contributed by atoms with Crippen molar-refractivity contribution in [3.8, 4) is 11.5 Å². The molecule has 0 spiro atoms. The van der Waals surface area contributed by atoms with Crippen LogP contribution in [0.25, 0.3) is 0 Å². The smallest absolute Gasteiger partial charge is 0.257 e. The minimum atomic E-state index is -0.337. The summed E-state index contributed by atoms with van der Waals surface area (Å²) >= 11 is 11.9. The Hall–Kier alpha value is -1.91. The molecular formula is C14H9Cl2NO3. The van der Waals surface area contributed by atoms with Gasteiger partial charge in [-0.3, -0.25) is 4.79 Å². The van der Waals surface area contributed by atoms with E-state index in [9.17, 15) is 4.79 Å². The van der Waals surface area contributed by atoms with Gasteiger partial charge in [0.05, 0.1) is 15.6 Å². The Morgan fingerprint density at radius 3 is 2.75 bits per heavy atom. The number of benzene rings is 2. The van der Waals surface area contributed by atoms with Gasteiger partial charge in [0.1, 0.15) is 0 Å². The lowest BCUT2D eigenvalue weighted by Crippen LogP contribution is -2.12. The summed E-state index contributed by atoms with van der Waals surface area (Å²) < 4.78 is 10.5. The minimum Gasteiger partial charge on any atom is -0.454 e. The first-order valence-corrected chi connectivity index (χ1v) is 6.56. The van der Waals surface area contributed by atoms with Crippen LogP contribution in [-0.2, 0) is 0 Å². The lowest BCUT2D eigenvalue weighted by molar-refractivity contribution is 0.102. The summed E-state index contributed by atoms with van der Waals surface area (Å²) in [7, 11) is 0. The number of fused-ring (bicyclic) bond motifs is 1. The Kier molecular flexibility index (Phi) is 3.42. The van der Waals surface area contributed by atoms with E-state index in [1.807, 2.05) is 0 Å². The van der Waals surface area contributed by atoms with Crippen molar-refractivity contribution in [3.63, 3.8) is 0 Å². The Bertz CT molecular complexity index is 688. The summed E-state index contributed by atoms with van der Waals surface area (Å²) in [5.41, 5.74) is 0.909. The van der Waals surface area contributed by atoms with Crippen molar-refractivity contribution >= 4 is 34.8 Å². The number of anilines is 1. The normalized spacial score (nSPS) is 12.3. The molecule has 0 aliphatic carbocycles. The largest absolute Gasteiger partial charge is 0.454 e. The Balaban J connectivity index is 1.84. The van der Waals surface area contributed by atoms with Crippen LogP contribution in [0.4, 0.5) is 5.69 Å². The highest BCUT2D eigenvalue weighted by Crippen LogP contribution is 2.34. The minimum absolute atomic E-state index is 0.187. The molecule has 0 unspecified atom stereocenters. The summed E-state index contributed by atoms with van der Waals surface area (Å²) in [5, 5.41) is 3.31. The molecule has 3 rings (SSSR count). The van der Waals surface area contributed by atoms with Crippen LogP contribution in [0.2, 0.25) is 10.0 Å². The fourth-order valence-electron chi connectivity index (χ4n) is 1.85. The maximum atomic E-state index is 12.2. The summed E-state index contributed by atoms with van der Waals surface area (Å²) in [4.78, 5) is 12.2. The van der Waals surface area contributed by atoms with E-state index in [-0.39, 0.29) is 17.7 Å². The van der Waals surface area contributed by atoms with Crippen LogP contribution in [0.1, 0.15) is 10.4 Å². The number of halogens is 2. The highest BCUT2D eigenvalue weighted by molar-refractivity contribution is 6.44. The van der Waals surface area contributed by atoms with Crippen LogP contribution in [0, 0.1) is 0 Å². The van der Waals surface area contributed by atoms with Crippen molar-refractivity contribution in [1.29, 1.82) is 0 Å². The van der Waals surface area contributed by atoms with E-state index in [1.165, 1.54) is 0 Å². The van der Waals surface area contributed by atoms with Crippen molar-refractivity contribution in [1.82, 2.24) is 0 Å². The van der Waals surface area contributed by atoms with Crippen LogP contribution in [0.15, 0.2) is 36.4 Å². The second-order valence-corrected chi connectivity index (χ2v) is 4.91. The van der Waals surface area contributed by atoms with Crippen molar-refractivity contribution in [2.75, 3.05) is 12.1 Å². The molecule has 0 bridgehead atoms. The van der Waals surface area contributed by atoms with Gasteiger partial charge in [-0.15, -0.1) is 0 Å². The average molecular weight is 310 g/mol. The molecule has 4 nitrogen and oxygen atoms in total. The third kappa shape index (κ3) is 2.40. The highest BCUT2D eigenvalue weighted by Gasteiger charge is 2.16. The number of rotatable bonds is 2. The van der Waals surface area contributed by atoms with Gasteiger partial charge in [0, 0.05) is 11.8 Å². The van der Waals surface area contributed by atoms with Gasteiger partial charge in [-0.1, -0.05) is 29.3 Å². The molecule has 2 aromatic carbocycles. The summed E-state index contributed by atoms with van der Waals surface area (Å²) in [5.74, 6) is 0.917. The predicted molar refractivity (Wildman–Crippen MR) is 77.0 cm³/mol. The summed E-state index contributed by atoms with van der Waals surface area (Å²) in [6.07, 6.45) is 0. The average Bonchev–Trinajstić information content (AvgIpc) is 2.89. The molecule has 1 N–H and O–H groups in total. The van der Waals surface area contributed by atoms with Crippen molar-refractivity contribution < 1.29 is 14.3 Å². The molecule has 1 heterocycles. The lowest BCUT2D eigenvalue weighted by atomic mass is 10.2. The third-order valence-electron chi connectivity index (χ3n) is 2.83. The Morgan fingerprint density at radius 2 is 1.90 bits per heavy atom. The van der Waals surface area contributed by atoms with E-state index in [2.05, 4.69) is 5.32 Å². The van der Waals surface area contributed by atoms with Crippen LogP contribution >= 0.6 is 23.2 Å². The quantitative estimate of drug-likeness (QED) is 0.913. The monoisotopic (exact) mass is 309 g/mol. The first-order valence-electron chi connectivity index (χ1n) is 5.80. The van der Waals surface area contributed by atoms with Crippen LogP contribution in [0.3, 0.4) is 0 Å². The predicted octanol–water partition coefficient (Wildman–Crippen LogP) is 3.97. The second kappa shape index (κ2) is 5.23. The van der Waals surface area contributed by atoms with E-state index in [0.29, 0.717) is 27.8 Å². The lowest BCUT2D eigenvalue weighted by Gasteiger charge is -2.08. The molecular weight excluding hydrogens is 301 g/mol. The third-order valence-corrected chi connectivity index (χ3v) is 3.65. The van der Waals surface area contributed by atoms with E-state index < -0.39 is 0 Å². The maximum Gasteiger partial charge on any atom is 0.257 e. The van der Waals surface area contributed by atoms with E-state index in [1.54, 1.807) is 36.4 Å². The second-order valence-electron chi connectivity index (χ2n) is 4.12. The maximum absolute atomic E-state index is 12.2. The first kappa shape index (κ1) is 13.1. The molecule has 102 valence electrons. The molecule has 0 aromatic heterocycles. The van der Waals surface area contributed by atoms with Gasteiger partial charge in [0.2, 0.25) is 6.79 Å². The number of carbonyl (C=O) groups excluding carboxylic acids is 1. The first-order chi connectivity index (χ1) is 9.65. The number of amides is 1. The molecule has 0 radical (unpaired) electrons. The van der Waals surface area contributed by atoms with Crippen LogP contribution < -0.4 is 14.8 Å². The van der Waals surface area contributed by atoms with Gasteiger partial charge in [0.15, 0.2) is 11.5 Å². The van der Waals surface area contributed by atoms with Crippen molar-refractivity contribution in [2.45, 2.75) is 0 Å². The highest BCUT2D eigenvalue weighted by atomic mass is 35.5. The van der Waals surface area contributed by atoms with Gasteiger partial charge in [-0.25, -0.2) is 0 Å². The van der Waals surface area contributed by atoms with E-state index in [4.69, 9.17) is 32.7 Å². The molecule has 0 fully saturated rings. The number of hydrogen-bond acceptors (Lipinski definition) is 3. The number of hydrogen-bond donors (Lipinski definition) is 1. The zero-order valence-corrected chi connectivity index (χ0v) is 11.7. The zero-order valence-electron chi connectivity index (χ0n) is 10.2. The molecule has 6 heteroatoms. The zero-order chi connectivity index (χ0) is 14.1. The molecule has 20 heavy (non-hydrogen) atoms. The molecule has 1 aliphatic heterocycles. The summed E-state index contributed by atoms with van der Waals surface area (Å²) in [6, 6.07) is 10.1. The molecule has 0 saturated heterocycles. The van der Waals surface area contributed by atoms with Gasteiger partial charge in [0.25, 0.3) is 5.91 Å².